The second-order valence-electron chi connectivity index (χ2n) is 4.92. The van der Waals surface area contributed by atoms with Crippen LogP contribution in [0.15, 0.2) is 0 Å². The van der Waals surface area contributed by atoms with Gasteiger partial charge < -0.3 is 9.80 Å². The summed E-state index contributed by atoms with van der Waals surface area (Å²) in [6.45, 7) is 5.22. The van der Waals surface area contributed by atoms with Gasteiger partial charge in [-0.25, -0.2) is 8.42 Å². The molecule has 0 aromatic rings. The highest BCUT2D eigenvalue weighted by Crippen LogP contribution is 2.07. The second kappa shape index (κ2) is 6.33. The van der Waals surface area contributed by atoms with Gasteiger partial charge in [0, 0.05) is 32.2 Å². The van der Waals surface area contributed by atoms with Gasteiger partial charge in [0.05, 0.1) is 12.8 Å². The van der Waals surface area contributed by atoms with Gasteiger partial charge in [0.2, 0.25) is 22.3 Å². The molecule has 1 saturated heterocycles. The van der Waals surface area contributed by atoms with Gasteiger partial charge in [0.25, 0.3) is 0 Å². The zero-order chi connectivity index (χ0) is 14.6. The highest BCUT2D eigenvalue weighted by molar-refractivity contribution is 7.88. The third kappa shape index (κ3) is 4.46. The third-order valence-electron chi connectivity index (χ3n) is 3.11. The number of hydrogen-bond acceptors (Lipinski definition) is 4. The summed E-state index contributed by atoms with van der Waals surface area (Å²) < 4.78 is 24.4. The maximum atomic E-state index is 12.1. The topological polar surface area (TPSA) is 78.0 Å². The molecule has 0 radical (unpaired) electrons. The number of piperazine rings is 1. The van der Waals surface area contributed by atoms with E-state index in [4.69, 9.17) is 0 Å². The van der Waals surface area contributed by atoms with Crippen molar-refractivity contribution in [2.24, 2.45) is 0 Å². The lowest BCUT2D eigenvalue weighted by atomic mass is 10.3. The molecule has 0 bridgehead atoms. The maximum absolute atomic E-state index is 12.1. The molecule has 0 aliphatic carbocycles. The van der Waals surface area contributed by atoms with E-state index in [0.29, 0.717) is 26.2 Å². The number of rotatable bonds is 5. The normalized spacial score (nSPS) is 17.1. The predicted molar refractivity (Wildman–Crippen MR) is 70.9 cm³/mol. The molecule has 7 nitrogen and oxygen atoms in total. The molecule has 1 heterocycles. The van der Waals surface area contributed by atoms with Gasteiger partial charge in [0.1, 0.15) is 0 Å². The lowest BCUT2D eigenvalue weighted by Gasteiger charge is -2.34. The van der Waals surface area contributed by atoms with Crippen molar-refractivity contribution in [2.75, 3.05) is 39.0 Å². The van der Waals surface area contributed by atoms with Crippen molar-refractivity contribution in [1.29, 1.82) is 0 Å². The van der Waals surface area contributed by atoms with Crippen molar-refractivity contribution in [2.45, 2.75) is 19.9 Å². The van der Waals surface area contributed by atoms with E-state index in [2.05, 4.69) is 0 Å². The molecular weight excluding hydrogens is 270 g/mol. The average Bonchev–Trinajstić information content (AvgIpc) is 2.34. The lowest BCUT2D eigenvalue weighted by Crippen LogP contribution is -2.52. The lowest BCUT2D eigenvalue weighted by molar-refractivity contribution is -0.135. The number of sulfonamides is 1. The molecule has 110 valence electrons. The van der Waals surface area contributed by atoms with Crippen LogP contribution in [0.1, 0.15) is 13.8 Å². The van der Waals surface area contributed by atoms with Crippen molar-refractivity contribution in [3.8, 4) is 0 Å². The van der Waals surface area contributed by atoms with E-state index in [1.54, 1.807) is 23.6 Å². The average molecular weight is 291 g/mol. The van der Waals surface area contributed by atoms with E-state index >= 15 is 0 Å². The van der Waals surface area contributed by atoms with Crippen LogP contribution in [0.2, 0.25) is 0 Å². The smallest absolute Gasteiger partial charge is 0.238 e. The molecule has 0 aromatic carbocycles. The fourth-order valence-corrected chi connectivity index (χ4v) is 3.10. The molecular formula is C11H21N3O4S. The predicted octanol–water partition coefficient (Wildman–Crippen LogP) is -1.04. The van der Waals surface area contributed by atoms with E-state index < -0.39 is 10.0 Å². The SMILES string of the molecule is CC(C)N(CC(=O)N1CCN(C=O)CC1)S(C)(=O)=O. The van der Waals surface area contributed by atoms with Crippen molar-refractivity contribution in [3.63, 3.8) is 0 Å². The molecule has 19 heavy (non-hydrogen) atoms. The minimum absolute atomic E-state index is 0.141. The number of carbonyl (C=O) groups is 2. The van der Waals surface area contributed by atoms with Crippen LogP contribution in [-0.4, -0.2) is 79.9 Å². The molecule has 1 rings (SSSR count). The third-order valence-corrected chi connectivity index (χ3v) is 4.51. The van der Waals surface area contributed by atoms with Crippen LogP contribution in [0.25, 0.3) is 0 Å². The maximum Gasteiger partial charge on any atom is 0.238 e. The van der Waals surface area contributed by atoms with Gasteiger partial charge in [-0.15, -0.1) is 0 Å². The Labute approximate surface area is 114 Å². The fourth-order valence-electron chi connectivity index (χ4n) is 1.99. The minimum Gasteiger partial charge on any atom is -0.342 e. The standard InChI is InChI=1S/C11H21N3O4S/c1-10(2)14(19(3,17)18)8-11(16)13-6-4-12(9-15)5-7-13/h9-10H,4-8H2,1-3H3. The molecule has 1 fully saturated rings. The first-order valence-electron chi connectivity index (χ1n) is 6.19. The van der Waals surface area contributed by atoms with Crippen LogP contribution in [0.5, 0.6) is 0 Å². The Balaban J connectivity index is 2.61. The Morgan fingerprint density at radius 1 is 1.26 bits per heavy atom. The first-order valence-corrected chi connectivity index (χ1v) is 8.04. The molecule has 0 unspecified atom stereocenters. The van der Waals surface area contributed by atoms with Gasteiger partial charge in [-0.3, -0.25) is 9.59 Å². The Morgan fingerprint density at radius 3 is 2.16 bits per heavy atom. The molecule has 1 aliphatic heterocycles. The Hall–Kier alpha value is -1.15. The first-order chi connectivity index (χ1) is 8.75. The van der Waals surface area contributed by atoms with Crippen LogP contribution in [-0.2, 0) is 19.6 Å². The second-order valence-corrected chi connectivity index (χ2v) is 6.86. The Bertz CT molecular complexity index is 427. The zero-order valence-electron chi connectivity index (χ0n) is 11.6. The van der Waals surface area contributed by atoms with Crippen LogP contribution in [0, 0.1) is 0 Å². The molecule has 0 aromatic heterocycles. The molecule has 0 saturated carbocycles. The quantitative estimate of drug-likeness (QED) is 0.606. The molecule has 8 heteroatoms. The summed E-state index contributed by atoms with van der Waals surface area (Å²) in [7, 11) is -3.39. The summed E-state index contributed by atoms with van der Waals surface area (Å²) in [6.07, 6.45) is 1.86. The monoisotopic (exact) mass is 291 g/mol. The van der Waals surface area contributed by atoms with Crippen molar-refractivity contribution < 1.29 is 18.0 Å². The molecule has 1 aliphatic rings. The molecule has 0 N–H and O–H groups in total. The van der Waals surface area contributed by atoms with E-state index in [1.807, 2.05) is 0 Å². The van der Waals surface area contributed by atoms with E-state index in [0.717, 1.165) is 12.7 Å². The number of carbonyl (C=O) groups excluding carboxylic acids is 2. The molecule has 0 atom stereocenters. The van der Waals surface area contributed by atoms with Crippen LogP contribution >= 0.6 is 0 Å². The Morgan fingerprint density at radius 2 is 1.79 bits per heavy atom. The van der Waals surface area contributed by atoms with E-state index in [-0.39, 0.29) is 18.5 Å². The largest absolute Gasteiger partial charge is 0.342 e. The number of nitrogens with zero attached hydrogens (tertiary/aromatic N) is 3. The molecule has 0 spiro atoms. The van der Waals surface area contributed by atoms with Crippen molar-refractivity contribution in [3.05, 3.63) is 0 Å². The summed E-state index contributed by atoms with van der Waals surface area (Å²) in [6, 6.07) is -0.254. The van der Waals surface area contributed by atoms with Gasteiger partial charge in [0.15, 0.2) is 0 Å². The summed E-state index contributed by atoms with van der Waals surface area (Å²) in [4.78, 5) is 25.8. The van der Waals surface area contributed by atoms with Gasteiger partial charge in [-0.1, -0.05) is 0 Å². The van der Waals surface area contributed by atoms with Crippen LogP contribution in [0.4, 0.5) is 0 Å². The van der Waals surface area contributed by atoms with Gasteiger partial charge >= 0.3 is 0 Å². The highest BCUT2D eigenvalue weighted by atomic mass is 32.2. The minimum atomic E-state index is -3.39. The summed E-state index contributed by atoms with van der Waals surface area (Å²) in [5.41, 5.74) is 0. The fraction of sp³-hybridized carbons (Fsp3) is 0.818. The number of amides is 2. The molecule has 2 amide bonds. The van der Waals surface area contributed by atoms with Crippen molar-refractivity contribution >= 4 is 22.3 Å². The van der Waals surface area contributed by atoms with E-state index in [1.165, 1.54) is 4.31 Å². The van der Waals surface area contributed by atoms with Crippen LogP contribution in [0.3, 0.4) is 0 Å². The van der Waals surface area contributed by atoms with Crippen LogP contribution < -0.4 is 0 Å². The number of hydrogen-bond donors (Lipinski definition) is 0. The highest BCUT2D eigenvalue weighted by Gasteiger charge is 2.27. The van der Waals surface area contributed by atoms with Gasteiger partial charge in [-0.2, -0.15) is 4.31 Å². The first kappa shape index (κ1) is 15.9. The van der Waals surface area contributed by atoms with Crippen molar-refractivity contribution in [1.82, 2.24) is 14.1 Å². The summed E-state index contributed by atoms with van der Waals surface area (Å²) in [5.74, 6) is -0.218. The Kier molecular flexibility index (Phi) is 5.30. The summed E-state index contributed by atoms with van der Waals surface area (Å²) >= 11 is 0. The zero-order valence-corrected chi connectivity index (χ0v) is 12.4. The van der Waals surface area contributed by atoms with E-state index in [9.17, 15) is 18.0 Å². The summed E-state index contributed by atoms with van der Waals surface area (Å²) in [5, 5.41) is 0. The van der Waals surface area contributed by atoms with Gasteiger partial charge in [-0.05, 0) is 13.8 Å².